The summed E-state index contributed by atoms with van der Waals surface area (Å²) in [7, 11) is 0. The number of carboxylic acids is 1. The molecule has 1 aromatic carbocycles. The molecule has 2 aliphatic rings. The third-order valence-corrected chi connectivity index (χ3v) is 5.67. The molecule has 0 aromatic heterocycles. The van der Waals surface area contributed by atoms with E-state index in [9.17, 15) is 15.0 Å². The van der Waals surface area contributed by atoms with E-state index >= 15 is 0 Å². The molecule has 0 spiro atoms. The van der Waals surface area contributed by atoms with Gasteiger partial charge in [0.05, 0.1) is 0 Å². The van der Waals surface area contributed by atoms with Crippen LogP contribution in [-0.4, -0.2) is 46.8 Å². The van der Waals surface area contributed by atoms with Crippen molar-refractivity contribution in [1.82, 2.24) is 4.90 Å². The number of hydrogen-bond acceptors (Lipinski definition) is 3. The molecule has 0 amide bonds. The Bertz CT molecular complexity index is 513. The highest BCUT2D eigenvalue weighted by Gasteiger charge is 2.42. The molecule has 0 unspecified atom stereocenters. The molecule has 1 aromatic rings. The molecule has 2 fully saturated rings. The molecule has 1 aliphatic carbocycles. The summed E-state index contributed by atoms with van der Waals surface area (Å²) in [5.74, 6) is -0.0769. The van der Waals surface area contributed by atoms with Gasteiger partial charge in [0, 0.05) is 31.5 Å². The predicted molar refractivity (Wildman–Crippen MR) is 89.3 cm³/mol. The fourth-order valence-electron chi connectivity index (χ4n) is 4.50. The van der Waals surface area contributed by atoms with E-state index in [1.165, 1.54) is 12.0 Å². The van der Waals surface area contributed by atoms with Gasteiger partial charge in [0.1, 0.15) is 6.04 Å². The average molecular weight is 317 g/mol. The second kappa shape index (κ2) is 7.45. The molecule has 4 heteroatoms. The van der Waals surface area contributed by atoms with E-state index in [2.05, 4.69) is 17.0 Å². The van der Waals surface area contributed by atoms with Gasteiger partial charge in [-0.05, 0) is 24.3 Å². The summed E-state index contributed by atoms with van der Waals surface area (Å²) in [6.45, 7) is 1.54. The molecule has 4 nitrogen and oxygen atoms in total. The Hall–Kier alpha value is -1.39. The smallest absolute Gasteiger partial charge is 0.321 e. The molecular weight excluding hydrogens is 290 g/mol. The van der Waals surface area contributed by atoms with Crippen LogP contribution in [0.4, 0.5) is 0 Å². The van der Waals surface area contributed by atoms with Crippen molar-refractivity contribution in [3.63, 3.8) is 0 Å². The number of benzene rings is 1. The van der Waals surface area contributed by atoms with Gasteiger partial charge in [0.25, 0.3) is 0 Å². The predicted octanol–water partition coefficient (Wildman–Crippen LogP) is 2.73. The summed E-state index contributed by atoms with van der Waals surface area (Å²) < 4.78 is 0. The van der Waals surface area contributed by atoms with Crippen LogP contribution < -0.4 is 0 Å². The maximum atomic E-state index is 11.9. The van der Waals surface area contributed by atoms with E-state index in [0.717, 1.165) is 32.2 Å². The number of nitrogens with zero attached hydrogens (tertiary/aromatic N) is 1. The normalized spacial score (nSPS) is 27.9. The van der Waals surface area contributed by atoms with Crippen molar-refractivity contribution < 1.29 is 15.0 Å². The van der Waals surface area contributed by atoms with Gasteiger partial charge in [-0.25, -0.2) is 0 Å². The SMILES string of the molecule is O=C(O)[C@@H](C1CCCCC1)N1C[C@H](CO)[C@@H](c2ccccc2)C1. The van der Waals surface area contributed by atoms with Crippen LogP contribution in [0, 0.1) is 11.8 Å². The first-order chi connectivity index (χ1) is 11.2. The van der Waals surface area contributed by atoms with Crippen LogP contribution in [0.25, 0.3) is 0 Å². The highest BCUT2D eigenvalue weighted by Crippen LogP contribution is 2.37. The zero-order valence-electron chi connectivity index (χ0n) is 13.6. The largest absolute Gasteiger partial charge is 0.480 e. The lowest BCUT2D eigenvalue weighted by atomic mass is 9.83. The van der Waals surface area contributed by atoms with Crippen LogP contribution in [0.2, 0.25) is 0 Å². The van der Waals surface area contributed by atoms with Gasteiger partial charge in [-0.3, -0.25) is 9.69 Å². The Morgan fingerprint density at radius 1 is 1.13 bits per heavy atom. The van der Waals surface area contributed by atoms with Gasteiger partial charge in [-0.15, -0.1) is 0 Å². The summed E-state index contributed by atoms with van der Waals surface area (Å²) in [6.07, 6.45) is 5.57. The zero-order valence-corrected chi connectivity index (χ0v) is 13.6. The maximum absolute atomic E-state index is 11.9. The lowest BCUT2D eigenvalue weighted by Crippen LogP contribution is -2.46. The minimum atomic E-state index is -0.692. The summed E-state index contributed by atoms with van der Waals surface area (Å²) in [6, 6.07) is 9.81. The molecule has 0 radical (unpaired) electrons. The van der Waals surface area contributed by atoms with E-state index in [0.29, 0.717) is 6.54 Å². The van der Waals surface area contributed by atoms with E-state index in [4.69, 9.17) is 0 Å². The van der Waals surface area contributed by atoms with Crippen LogP contribution in [0.15, 0.2) is 30.3 Å². The van der Waals surface area contributed by atoms with E-state index in [1.807, 2.05) is 18.2 Å². The highest BCUT2D eigenvalue weighted by molar-refractivity contribution is 5.74. The standard InChI is InChI=1S/C19H27NO3/c21-13-16-11-20(12-17(16)14-7-3-1-4-8-14)18(19(22)23)15-9-5-2-6-10-15/h1,3-4,7-8,15-18,21H,2,5-6,9-13H2,(H,22,23)/t16-,17-,18-/m1/s1. The number of aliphatic carboxylic acids is 1. The van der Waals surface area contributed by atoms with Gasteiger partial charge in [-0.1, -0.05) is 49.6 Å². The number of rotatable bonds is 5. The molecule has 2 N–H and O–H groups in total. The van der Waals surface area contributed by atoms with Crippen molar-refractivity contribution in [1.29, 1.82) is 0 Å². The second-order valence-electron chi connectivity index (χ2n) is 7.09. The summed E-state index contributed by atoms with van der Waals surface area (Å²) >= 11 is 0. The Labute approximate surface area is 138 Å². The third kappa shape index (κ3) is 3.59. The van der Waals surface area contributed by atoms with Gasteiger partial charge in [0.2, 0.25) is 0 Å². The van der Waals surface area contributed by atoms with Gasteiger partial charge >= 0.3 is 5.97 Å². The zero-order chi connectivity index (χ0) is 16.2. The number of carbonyl (C=O) groups is 1. The average Bonchev–Trinajstić information content (AvgIpc) is 3.00. The first kappa shape index (κ1) is 16.5. The lowest BCUT2D eigenvalue weighted by molar-refractivity contribution is -0.145. The summed E-state index contributed by atoms with van der Waals surface area (Å²) in [4.78, 5) is 14.0. The number of aliphatic hydroxyl groups excluding tert-OH is 1. The van der Waals surface area contributed by atoms with E-state index < -0.39 is 12.0 Å². The topological polar surface area (TPSA) is 60.8 Å². The Morgan fingerprint density at radius 3 is 2.43 bits per heavy atom. The Kier molecular flexibility index (Phi) is 5.34. The second-order valence-corrected chi connectivity index (χ2v) is 7.09. The fraction of sp³-hybridized carbons (Fsp3) is 0.632. The number of carboxylic acid groups (broad SMARTS) is 1. The van der Waals surface area contributed by atoms with Crippen LogP contribution >= 0.6 is 0 Å². The minimum absolute atomic E-state index is 0.118. The van der Waals surface area contributed by atoms with Crippen LogP contribution in [-0.2, 0) is 4.79 Å². The first-order valence-electron chi connectivity index (χ1n) is 8.83. The first-order valence-corrected chi connectivity index (χ1v) is 8.83. The maximum Gasteiger partial charge on any atom is 0.321 e. The molecule has 23 heavy (non-hydrogen) atoms. The minimum Gasteiger partial charge on any atom is -0.480 e. The molecule has 126 valence electrons. The summed E-state index contributed by atoms with van der Waals surface area (Å²) in [5.41, 5.74) is 1.21. The van der Waals surface area contributed by atoms with Gasteiger partial charge in [-0.2, -0.15) is 0 Å². The van der Waals surface area contributed by atoms with Crippen molar-refractivity contribution in [2.45, 2.75) is 44.1 Å². The molecule has 1 heterocycles. The fourth-order valence-corrected chi connectivity index (χ4v) is 4.50. The van der Waals surface area contributed by atoms with Crippen LogP contribution in [0.1, 0.15) is 43.6 Å². The van der Waals surface area contributed by atoms with Crippen molar-refractivity contribution in [2.75, 3.05) is 19.7 Å². The van der Waals surface area contributed by atoms with Crippen molar-refractivity contribution in [3.05, 3.63) is 35.9 Å². The van der Waals surface area contributed by atoms with Crippen LogP contribution in [0.5, 0.6) is 0 Å². The number of likely N-dealkylation sites (tertiary alicyclic amines) is 1. The third-order valence-electron chi connectivity index (χ3n) is 5.67. The molecule has 3 rings (SSSR count). The quantitative estimate of drug-likeness (QED) is 0.876. The van der Waals surface area contributed by atoms with Crippen molar-refractivity contribution in [2.24, 2.45) is 11.8 Å². The molecule has 3 atom stereocenters. The molecule has 1 saturated carbocycles. The molecule has 1 aliphatic heterocycles. The molecular formula is C19H27NO3. The van der Waals surface area contributed by atoms with Crippen LogP contribution in [0.3, 0.4) is 0 Å². The summed E-state index contributed by atoms with van der Waals surface area (Å²) in [5, 5.41) is 19.6. The molecule has 1 saturated heterocycles. The Morgan fingerprint density at radius 2 is 1.83 bits per heavy atom. The van der Waals surface area contributed by atoms with Crippen molar-refractivity contribution >= 4 is 5.97 Å². The van der Waals surface area contributed by atoms with Crippen molar-refractivity contribution in [3.8, 4) is 0 Å². The van der Waals surface area contributed by atoms with E-state index in [1.54, 1.807) is 0 Å². The Balaban J connectivity index is 1.77. The highest BCUT2D eigenvalue weighted by atomic mass is 16.4. The molecule has 0 bridgehead atoms. The number of hydrogen-bond donors (Lipinski definition) is 2. The van der Waals surface area contributed by atoms with E-state index in [-0.39, 0.29) is 24.4 Å². The lowest BCUT2D eigenvalue weighted by Gasteiger charge is -2.33. The number of aliphatic hydroxyl groups is 1. The monoisotopic (exact) mass is 317 g/mol. The van der Waals surface area contributed by atoms with Gasteiger partial charge < -0.3 is 10.2 Å². The van der Waals surface area contributed by atoms with Gasteiger partial charge in [0.15, 0.2) is 0 Å².